The Morgan fingerprint density at radius 2 is 1.15 bits per heavy atom. The Kier molecular flexibility index (Phi) is 13.4. The zero-order chi connectivity index (χ0) is 31.4. The minimum absolute atomic E-state index is 0. The minimum atomic E-state index is -1.09. The summed E-state index contributed by atoms with van der Waals surface area (Å²) in [5.41, 5.74) is 1.67. The van der Waals surface area contributed by atoms with Gasteiger partial charge in [-0.3, -0.25) is 19.8 Å². The van der Waals surface area contributed by atoms with Gasteiger partial charge in [-0.2, -0.15) is 0 Å². The molecular formula is C35H42N4NiO6+2. The monoisotopic (exact) mass is 672 g/mol. The summed E-state index contributed by atoms with van der Waals surface area (Å²) >= 11 is 0. The van der Waals surface area contributed by atoms with Crippen molar-refractivity contribution in [2.75, 3.05) is 52.5 Å². The molecule has 0 unspecified atom stereocenters. The maximum atomic E-state index is 11.6. The number of carboxylic acids is 1. The molecule has 2 fully saturated rings. The summed E-state index contributed by atoms with van der Waals surface area (Å²) in [7, 11) is 0. The van der Waals surface area contributed by atoms with Crippen molar-refractivity contribution in [1.82, 2.24) is 9.80 Å². The molecule has 46 heavy (non-hydrogen) atoms. The van der Waals surface area contributed by atoms with Crippen molar-refractivity contribution in [2.45, 2.75) is 38.5 Å². The SMILES string of the molecule is O=C(O)c1ccc(N=Cc2ccc(OCCN3CCCCC3)cc2O)c(N=Cc2ccc(OCCN3CCCCC3)cc2O)c1.[Ni+2]. The topological polar surface area (TPSA) is 127 Å². The molecule has 0 aromatic heterocycles. The van der Waals surface area contributed by atoms with Gasteiger partial charge in [-0.15, -0.1) is 0 Å². The number of carboxylic acid groups (broad SMARTS) is 1. The predicted octanol–water partition coefficient (Wildman–Crippen LogP) is 6.02. The van der Waals surface area contributed by atoms with E-state index in [1.54, 1.807) is 42.5 Å². The summed E-state index contributed by atoms with van der Waals surface area (Å²) < 4.78 is 11.7. The summed E-state index contributed by atoms with van der Waals surface area (Å²) in [5.74, 6) is 0.0693. The van der Waals surface area contributed by atoms with Crippen LogP contribution in [0.5, 0.6) is 23.0 Å². The van der Waals surface area contributed by atoms with Crippen molar-refractivity contribution in [1.29, 1.82) is 0 Å². The van der Waals surface area contributed by atoms with E-state index in [-0.39, 0.29) is 33.6 Å². The van der Waals surface area contributed by atoms with Crippen LogP contribution in [0.4, 0.5) is 11.4 Å². The first-order valence-corrected chi connectivity index (χ1v) is 15.8. The van der Waals surface area contributed by atoms with Gasteiger partial charge in [0.25, 0.3) is 0 Å². The Labute approximate surface area is 280 Å². The van der Waals surface area contributed by atoms with Crippen molar-refractivity contribution in [3.8, 4) is 23.0 Å². The van der Waals surface area contributed by atoms with E-state index in [9.17, 15) is 20.1 Å². The second kappa shape index (κ2) is 17.7. The van der Waals surface area contributed by atoms with Crippen molar-refractivity contribution in [2.24, 2.45) is 9.98 Å². The molecule has 2 saturated heterocycles. The van der Waals surface area contributed by atoms with E-state index in [0.29, 0.717) is 47.2 Å². The molecule has 0 saturated carbocycles. The fraction of sp³-hybridized carbons (Fsp3) is 0.400. The third kappa shape index (κ3) is 10.3. The third-order valence-electron chi connectivity index (χ3n) is 8.16. The molecular weight excluding hydrogens is 631 g/mol. The van der Waals surface area contributed by atoms with Crippen molar-refractivity contribution < 1.29 is 46.1 Å². The van der Waals surface area contributed by atoms with Gasteiger partial charge in [-0.25, -0.2) is 4.79 Å². The normalized spacial score (nSPS) is 16.0. The number of aromatic hydroxyl groups is 2. The molecule has 0 spiro atoms. The number of benzene rings is 3. The molecule has 0 atom stereocenters. The molecule has 11 heteroatoms. The van der Waals surface area contributed by atoms with Gasteiger partial charge in [0, 0.05) is 48.8 Å². The zero-order valence-corrected chi connectivity index (χ0v) is 26.9. The van der Waals surface area contributed by atoms with Crippen molar-refractivity contribution in [3.05, 3.63) is 71.3 Å². The summed E-state index contributed by atoms with van der Waals surface area (Å²) in [6.45, 7) is 7.20. The minimum Gasteiger partial charge on any atom is -0.507 e. The van der Waals surface area contributed by atoms with Gasteiger partial charge < -0.3 is 24.8 Å². The second-order valence-corrected chi connectivity index (χ2v) is 11.5. The van der Waals surface area contributed by atoms with E-state index in [2.05, 4.69) is 19.8 Å². The number of hydrogen-bond donors (Lipinski definition) is 3. The first kappa shape index (κ1) is 34.9. The van der Waals surface area contributed by atoms with Gasteiger partial charge in [0.1, 0.15) is 36.2 Å². The quantitative estimate of drug-likeness (QED) is 0.149. The number of nitrogens with zero attached hydrogens (tertiary/aromatic N) is 4. The van der Waals surface area contributed by atoms with Crippen LogP contribution in [-0.4, -0.2) is 96.0 Å². The van der Waals surface area contributed by atoms with Crippen LogP contribution in [0.1, 0.15) is 60.0 Å². The first-order valence-electron chi connectivity index (χ1n) is 15.8. The number of phenols is 2. The number of aromatic carboxylic acids is 1. The average molecular weight is 673 g/mol. The molecule has 3 aromatic rings. The number of carbonyl (C=O) groups is 1. The summed E-state index contributed by atoms with van der Waals surface area (Å²) in [6, 6.07) is 14.5. The number of phenolic OH excluding ortho intramolecular Hbond substituents is 2. The number of piperidine rings is 2. The van der Waals surface area contributed by atoms with Crippen LogP contribution in [0.15, 0.2) is 64.6 Å². The third-order valence-corrected chi connectivity index (χ3v) is 8.16. The number of likely N-dealkylation sites (tertiary alicyclic amines) is 2. The van der Waals surface area contributed by atoms with E-state index in [0.717, 1.165) is 39.3 Å². The van der Waals surface area contributed by atoms with Crippen molar-refractivity contribution in [3.63, 3.8) is 0 Å². The van der Waals surface area contributed by atoms with E-state index in [1.165, 1.54) is 63.1 Å². The Balaban J connectivity index is 0.00000480. The van der Waals surface area contributed by atoms with Crippen LogP contribution in [0, 0.1) is 0 Å². The van der Waals surface area contributed by atoms with Crippen LogP contribution in [0.3, 0.4) is 0 Å². The molecule has 10 nitrogen and oxygen atoms in total. The first-order chi connectivity index (χ1) is 21.9. The molecule has 3 aromatic carbocycles. The molecule has 2 heterocycles. The largest absolute Gasteiger partial charge is 2.00 e. The maximum Gasteiger partial charge on any atom is 2.00 e. The van der Waals surface area contributed by atoms with Crippen LogP contribution in [0.25, 0.3) is 0 Å². The Hall–Kier alpha value is -3.92. The fourth-order valence-corrected chi connectivity index (χ4v) is 5.54. The van der Waals surface area contributed by atoms with Crippen LogP contribution in [0.2, 0.25) is 0 Å². The van der Waals surface area contributed by atoms with Crippen LogP contribution >= 0.6 is 0 Å². The van der Waals surface area contributed by atoms with Crippen molar-refractivity contribution >= 4 is 29.8 Å². The molecule has 0 radical (unpaired) electrons. The molecule has 2 aliphatic heterocycles. The molecule has 0 bridgehead atoms. The van der Waals surface area contributed by atoms with E-state index in [1.807, 2.05) is 0 Å². The van der Waals surface area contributed by atoms with Gasteiger partial charge in [-0.05, 0) is 94.3 Å². The van der Waals surface area contributed by atoms with E-state index >= 15 is 0 Å². The van der Waals surface area contributed by atoms with Gasteiger partial charge >= 0.3 is 22.5 Å². The number of hydrogen-bond acceptors (Lipinski definition) is 9. The Morgan fingerprint density at radius 1 is 0.674 bits per heavy atom. The Bertz CT molecular complexity index is 1500. The Morgan fingerprint density at radius 3 is 1.61 bits per heavy atom. The number of ether oxygens (including phenoxy) is 2. The maximum absolute atomic E-state index is 11.6. The second-order valence-electron chi connectivity index (χ2n) is 11.5. The molecule has 0 aliphatic carbocycles. The molecule has 5 rings (SSSR count). The van der Waals surface area contributed by atoms with Crippen LogP contribution < -0.4 is 9.47 Å². The summed E-state index contributed by atoms with van der Waals surface area (Å²) in [4.78, 5) is 25.4. The molecule has 0 amide bonds. The predicted molar refractivity (Wildman–Crippen MR) is 176 cm³/mol. The number of aliphatic imine (C=N–C) groups is 2. The van der Waals surface area contributed by atoms with E-state index in [4.69, 9.17) is 9.47 Å². The number of rotatable bonds is 13. The van der Waals surface area contributed by atoms with Gasteiger partial charge in [0.05, 0.1) is 16.9 Å². The standard InChI is InChI=1S/C35H42N4O6.Ni/c40-33-22-29(44-19-17-38-13-3-1-4-14-38)10-7-27(33)24-36-31-12-9-26(35(42)43)21-32(31)37-25-28-8-11-30(23-34(28)41)45-20-18-39-15-5-2-6-16-39;/h7-12,21-25,40-41H,1-6,13-20H2,(H,42,43);/q;+2. The fourth-order valence-electron chi connectivity index (χ4n) is 5.54. The van der Waals surface area contributed by atoms with Crippen LogP contribution in [-0.2, 0) is 16.5 Å². The zero-order valence-electron chi connectivity index (χ0n) is 25.9. The summed E-state index contributed by atoms with van der Waals surface area (Å²) in [5, 5.41) is 30.7. The van der Waals surface area contributed by atoms with Gasteiger partial charge in [0.15, 0.2) is 0 Å². The molecule has 3 N–H and O–H groups in total. The average Bonchev–Trinajstić information content (AvgIpc) is 3.05. The molecule has 246 valence electrons. The van der Waals surface area contributed by atoms with Gasteiger partial charge in [-0.1, -0.05) is 12.8 Å². The van der Waals surface area contributed by atoms with Gasteiger partial charge in [0.2, 0.25) is 0 Å². The van der Waals surface area contributed by atoms with E-state index < -0.39 is 5.97 Å². The molecule has 2 aliphatic rings. The smallest absolute Gasteiger partial charge is 0.507 e. The summed E-state index contributed by atoms with van der Waals surface area (Å²) in [6.07, 6.45) is 10.4.